The Morgan fingerprint density at radius 1 is 0.519 bits per heavy atom. The molecule has 11 rings (SSSR count). The Morgan fingerprint density at radius 2 is 1.15 bits per heavy atom. The van der Waals surface area contributed by atoms with Crippen molar-refractivity contribution in [2.24, 2.45) is 5.92 Å². The van der Waals surface area contributed by atoms with Crippen molar-refractivity contribution in [2.75, 3.05) is 4.90 Å². The summed E-state index contributed by atoms with van der Waals surface area (Å²) in [5, 5.41) is 3.61. The Hall–Kier alpha value is -6.78. The highest BCUT2D eigenvalue weighted by atomic mass is 15.1. The van der Waals surface area contributed by atoms with Crippen LogP contribution in [0.25, 0.3) is 67.0 Å². The Balaban J connectivity index is 1.08. The minimum absolute atomic E-state index is 0.581. The van der Waals surface area contributed by atoms with Crippen LogP contribution in [0.15, 0.2) is 176 Å². The number of para-hydroxylation sites is 4. The van der Waals surface area contributed by atoms with Gasteiger partial charge in [-0.25, -0.2) is 9.97 Å². The number of nitrogens with zero attached hydrogens (tertiary/aromatic N) is 4. The topological polar surface area (TPSA) is 34.0 Å². The standard InChI is InChI=1S/C50H36N4/c1-3-13-34(14-4-1)48-49(52-45-21-11-10-20-44(45)51-48)42-31-32-47(40-18-8-7-17-39(40)42)53(35-15-5-2-6-16-35)36-25-27-37(28-26-36)54-46-22-12-9-19-41(46)43-30-24-33-23-29-38(33)50(43)54/h1-22,24-28,30-33,38H,23,29H2. The van der Waals surface area contributed by atoms with Crippen molar-refractivity contribution in [1.82, 2.24) is 14.5 Å². The molecule has 9 aromatic rings. The summed E-state index contributed by atoms with van der Waals surface area (Å²) in [6.07, 6.45) is 7.35. The van der Waals surface area contributed by atoms with Gasteiger partial charge in [0.1, 0.15) is 0 Å². The molecule has 0 spiro atoms. The van der Waals surface area contributed by atoms with Crippen LogP contribution in [0.1, 0.15) is 30.0 Å². The summed E-state index contributed by atoms with van der Waals surface area (Å²) in [6.45, 7) is 0. The summed E-state index contributed by atoms with van der Waals surface area (Å²) < 4.78 is 2.53. The molecule has 2 atom stereocenters. The van der Waals surface area contributed by atoms with E-state index < -0.39 is 0 Å². The Morgan fingerprint density at radius 3 is 1.89 bits per heavy atom. The minimum atomic E-state index is 0.581. The van der Waals surface area contributed by atoms with Gasteiger partial charge in [0.15, 0.2) is 0 Å². The van der Waals surface area contributed by atoms with Crippen LogP contribution >= 0.6 is 0 Å². The third kappa shape index (κ3) is 4.84. The van der Waals surface area contributed by atoms with Crippen molar-refractivity contribution in [3.05, 3.63) is 187 Å². The van der Waals surface area contributed by atoms with Crippen molar-refractivity contribution in [3.8, 4) is 28.2 Å². The first-order valence-electron chi connectivity index (χ1n) is 18.9. The lowest BCUT2D eigenvalue weighted by atomic mass is 9.68. The first-order valence-corrected chi connectivity index (χ1v) is 18.9. The molecule has 2 aromatic heterocycles. The molecule has 2 heterocycles. The van der Waals surface area contributed by atoms with Crippen LogP contribution in [0.2, 0.25) is 0 Å². The van der Waals surface area contributed by atoms with Gasteiger partial charge in [0.2, 0.25) is 0 Å². The molecular weight excluding hydrogens is 657 g/mol. The summed E-state index contributed by atoms with van der Waals surface area (Å²) >= 11 is 0. The second-order valence-corrected chi connectivity index (χ2v) is 14.5. The number of aromatic nitrogens is 3. The van der Waals surface area contributed by atoms with Crippen molar-refractivity contribution in [2.45, 2.75) is 18.8 Å². The number of rotatable bonds is 6. The van der Waals surface area contributed by atoms with E-state index in [0.29, 0.717) is 11.8 Å². The maximum absolute atomic E-state index is 5.28. The summed E-state index contributed by atoms with van der Waals surface area (Å²) in [5.41, 5.74) is 14.3. The predicted octanol–water partition coefficient (Wildman–Crippen LogP) is 13.1. The van der Waals surface area contributed by atoms with Gasteiger partial charge in [-0.1, -0.05) is 115 Å². The first-order chi connectivity index (χ1) is 26.8. The van der Waals surface area contributed by atoms with Crippen LogP contribution in [-0.2, 0) is 0 Å². The highest BCUT2D eigenvalue weighted by molar-refractivity contribution is 6.07. The van der Waals surface area contributed by atoms with Crippen molar-refractivity contribution in [1.29, 1.82) is 0 Å². The lowest BCUT2D eigenvalue weighted by Crippen LogP contribution is -2.26. The van der Waals surface area contributed by atoms with E-state index in [1.165, 1.54) is 40.7 Å². The van der Waals surface area contributed by atoms with E-state index in [1.54, 1.807) is 0 Å². The summed E-state index contributed by atoms with van der Waals surface area (Å²) in [5.74, 6) is 1.23. The van der Waals surface area contributed by atoms with Gasteiger partial charge in [-0.05, 0) is 90.9 Å². The van der Waals surface area contributed by atoms with Crippen molar-refractivity contribution in [3.63, 3.8) is 0 Å². The zero-order valence-electron chi connectivity index (χ0n) is 29.7. The minimum Gasteiger partial charge on any atom is -0.313 e. The van der Waals surface area contributed by atoms with E-state index in [9.17, 15) is 0 Å². The molecule has 4 nitrogen and oxygen atoms in total. The summed E-state index contributed by atoms with van der Waals surface area (Å²) in [6, 6.07) is 60.5. The predicted molar refractivity (Wildman–Crippen MR) is 224 cm³/mol. The molecule has 0 radical (unpaired) electrons. The van der Waals surface area contributed by atoms with Gasteiger partial charge in [0.05, 0.1) is 33.6 Å². The average molecular weight is 693 g/mol. The molecule has 7 aromatic carbocycles. The third-order valence-corrected chi connectivity index (χ3v) is 11.5. The molecule has 54 heavy (non-hydrogen) atoms. The highest BCUT2D eigenvalue weighted by Crippen LogP contribution is 2.51. The highest BCUT2D eigenvalue weighted by Gasteiger charge is 2.37. The van der Waals surface area contributed by atoms with Crippen LogP contribution in [0.3, 0.4) is 0 Å². The van der Waals surface area contributed by atoms with Crippen molar-refractivity contribution < 1.29 is 0 Å². The quantitative estimate of drug-likeness (QED) is 0.174. The molecule has 0 bridgehead atoms. The molecule has 4 heteroatoms. The average Bonchev–Trinajstić information content (AvgIpc) is 3.55. The van der Waals surface area contributed by atoms with E-state index in [1.807, 2.05) is 30.3 Å². The SMILES string of the molecule is C1=CC2CCC2c2c1c1ccccc1n2-c1ccc(N(c2ccccc2)c2ccc(-c3nc4ccccc4nc3-c3ccccc3)c3ccccc23)cc1. The maximum atomic E-state index is 5.28. The molecule has 2 aliphatic rings. The molecule has 0 aliphatic heterocycles. The number of benzene rings is 7. The first kappa shape index (κ1) is 30.8. The van der Waals surface area contributed by atoms with E-state index in [4.69, 9.17) is 9.97 Å². The molecule has 0 saturated heterocycles. The van der Waals surface area contributed by atoms with Crippen LogP contribution in [0.5, 0.6) is 0 Å². The van der Waals surface area contributed by atoms with E-state index in [2.05, 4.69) is 161 Å². The van der Waals surface area contributed by atoms with Gasteiger partial charge < -0.3 is 9.47 Å². The molecule has 2 unspecified atom stereocenters. The largest absolute Gasteiger partial charge is 0.313 e. The fraction of sp³-hybridized carbons (Fsp3) is 0.0800. The summed E-state index contributed by atoms with van der Waals surface area (Å²) in [7, 11) is 0. The van der Waals surface area contributed by atoms with Crippen molar-refractivity contribution >= 4 is 55.8 Å². The fourth-order valence-corrected chi connectivity index (χ4v) is 8.84. The monoisotopic (exact) mass is 692 g/mol. The van der Waals surface area contributed by atoms with E-state index >= 15 is 0 Å². The Kier molecular flexibility index (Phi) is 7.09. The van der Waals surface area contributed by atoms with Gasteiger partial charge in [-0.2, -0.15) is 0 Å². The number of fused-ring (bicyclic) bond motifs is 7. The zero-order valence-corrected chi connectivity index (χ0v) is 29.7. The third-order valence-electron chi connectivity index (χ3n) is 11.5. The molecule has 256 valence electrons. The second-order valence-electron chi connectivity index (χ2n) is 14.5. The molecule has 0 amide bonds. The molecule has 2 aliphatic carbocycles. The zero-order chi connectivity index (χ0) is 35.6. The van der Waals surface area contributed by atoms with Crippen LogP contribution in [0.4, 0.5) is 17.1 Å². The van der Waals surface area contributed by atoms with Gasteiger partial charge in [-0.15, -0.1) is 0 Å². The maximum Gasteiger partial charge on any atom is 0.0979 e. The lowest BCUT2D eigenvalue weighted by molar-refractivity contribution is 0.305. The van der Waals surface area contributed by atoms with Gasteiger partial charge in [0, 0.05) is 56.1 Å². The number of allylic oxidation sites excluding steroid dienone is 1. The molecular formula is C50H36N4. The van der Waals surface area contributed by atoms with Gasteiger partial charge >= 0.3 is 0 Å². The number of anilines is 3. The number of hydrogen-bond donors (Lipinski definition) is 0. The second kappa shape index (κ2) is 12.4. The Labute approximate surface area is 314 Å². The van der Waals surface area contributed by atoms with Gasteiger partial charge in [-0.3, -0.25) is 0 Å². The number of hydrogen-bond acceptors (Lipinski definition) is 3. The normalized spacial score (nSPS) is 15.9. The van der Waals surface area contributed by atoms with Gasteiger partial charge in [0.25, 0.3) is 0 Å². The van der Waals surface area contributed by atoms with Crippen LogP contribution in [-0.4, -0.2) is 14.5 Å². The lowest BCUT2D eigenvalue weighted by Gasteiger charge is -2.38. The van der Waals surface area contributed by atoms with E-state index in [-0.39, 0.29) is 0 Å². The van der Waals surface area contributed by atoms with E-state index in [0.717, 1.165) is 61.4 Å². The fourth-order valence-electron chi connectivity index (χ4n) is 8.84. The van der Waals surface area contributed by atoms with Crippen LogP contribution < -0.4 is 4.90 Å². The molecule has 1 fully saturated rings. The summed E-state index contributed by atoms with van der Waals surface area (Å²) in [4.78, 5) is 12.9. The molecule has 1 saturated carbocycles. The smallest absolute Gasteiger partial charge is 0.0979 e. The molecule has 0 N–H and O–H groups in total. The van der Waals surface area contributed by atoms with Crippen LogP contribution in [0, 0.1) is 5.92 Å². The Bertz CT molecular complexity index is 2890.